The molecular weight excluding hydrogens is 238 g/mol. The fourth-order valence-corrected chi connectivity index (χ4v) is 3.10. The highest BCUT2D eigenvalue weighted by Gasteiger charge is 2.27. The van der Waals surface area contributed by atoms with Gasteiger partial charge in [-0.1, -0.05) is 25.4 Å². The van der Waals surface area contributed by atoms with E-state index in [9.17, 15) is 8.42 Å². The van der Waals surface area contributed by atoms with Crippen molar-refractivity contribution in [3.05, 3.63) is 11.5 Å². The molecule has 0 saturated carbocycles. The number of rotatable bonds is 4. The minimum Gasteiger partial charge on any atom is -0.324 e. The average molecular weight is 252 g/mol. The minimum absolute atomic E-state index is 0.0737. The van der Waals surface area contributed by atoms with Crippen molar-refractivity contribution in [1.82, 2.24) is 13.9 Å². The zero-order valence-electron chi connectivity index (χ0n) is 8.94. The Morgan fingerprint density at radius 3 is 2.33 bits per heavy atom. The lowest BCUT2D eigenvalue weighted by molar-refractivity contribution is 0.443. The summed E-state index contributed by atoms with van der Waals surface area (Å²) in [6.45, 7) is 4.37. The molecule has 0 fully saturated rings. The van der Waals surface area contributed by atoms with Crippen LogP contribution in [0, 0.1) is 0 Å². The summed E-state index contributed by atoms with van der Waals surface area (Å²) in [5.74, 6) is 0. The van der Waals surface area contributed by atoms with Crippen LogP contribution >= 0.6 is 11.6 Å². The van der Waals surface area contributed by atoms with Crippen molar-refractivity contribution in [3.8, 4) is 0 Å². The van der Waals surface area contributed by atoms with E-state index in [-0.39, 0.29) is 10.2 Å². The van der Waals surface area contributed by atoms with E-state index in [4.69, 9.17) is 11.6 Å². The van der Waals surface area contributed by atoms with Gasteiger partial charge in [-0.05, 0) is 0 Å². The fraction of sp³-hybridized carbons (Fsp3) is 0.625. The molecule has 1 aromatic heterocycles. The lowest BCUT2D eigenvalue weighted by atomic mass is 10.7. The Hall–Kier alpha value is -0.590. The third-order valence-electron chi connectivity index (χ3n) is 2.12. The van der Waals surface area contributed by atoms with Gasteiger partial charge in [0.05, 0.1) is 6.33 Å². The third kappa shape index (κ3) is 2.16. The maximum Gasteiger partial charge on any atom is 0.263 e. The average Bonchev–Trinajstić information content (AvgIpc) is 2.49. The summed E-state index contributed by atoms with van der Waals surface area (Å²) < 4.78 is 26.8. The number of sulfonamides is 1. The Morgan fingerprint density at radius 1 is 1.47 bits per heavy atom. The molecule has 1 aromatic rings. The Kier molecular flexibility index (Phi) is 3.75. The molecule has 7 heteroatoms. The Labute approximate surface area is 94.7 Å². The van der Waals surface area contributed by atoms with Crippen molar-refractivity contribution < 1.29 is 8.42 Å². The second-order valence-corrected chi connectivity index (χ2v) is 5.25. The second-order valence-electron chi connectivity index (χ2n) is 3.04. The van der Waals surface area contributed by atoms with Crippen molar-refractivity contribution in [2.24, 2.45) is 7.05 Å². The monoisotopic (exact) mass is 251 g/mol. The quantitative estimate of drug-likeness (QED) is 0.805. The maximum absolute atomic E-state index is 12.0. The Bertz CT molecular complexity index is 437. The summed E-state index contributed by atoms with van der Waals surface area (Å²) in [6, 6.07) is 0. The van der Waals surface area contributed by atoms with Crippen LogP contribution in [-0.4, -0.2) is 35.4 Å². The summed E-state index contributed by atoms with van der Waals surface area (Å²) in [5, 5.41) is 0.0669. The molecule has 0 N–H and O–H groups in total. The van der Waals surface area contributed by atoms with E-state index < -0.39 is 10.0 Å². The van der Waals surface area contributed by atoms with Crippen LogP contribution < -0.4 is 0 Å². The lowest BCUT2D eigenvalue weighted by Gasteiger charge is -2.16. The maximum atomic E-state index is 12.0. The van der Waals surface area contributed by atoms with E-state index in [1.807, 2.05) is 0 Å². The van der Waals surface area contributed by atoms with Gasteiger partial charge in [0.2, 0.25) is 5.03 Å². The highest BCUT2D eigenvalue weighted by atomic mass is 35.5. The van der Waals surface area contributed by atoms with Crippen LogP contribution in [0.25, 0.3) is 0 Å². The van der Waals surface area contributed by atoms with Gasteiger partial charge in [0.15, 0.2) is 0 Å². The normalized spacial score (nSPS) is 12.3. The molecule has 0 radical (unpaired) electrons. The largest absolute Gasteiger partial charge is 0.324 e. The molecule has 5 nitrogen and oxygen atoms in total. The molecule has 0 aliphatic carbocycles. The van der Waals surface area contributed by atoms with E-state index >= 15 is 0 Å². The van der Waals surface area contributed by atoms with Gasteiger partial charge in [0.1, 0.15) is 5.15 Å². The SMILES string of the molecule is CCN(CC)S(=O)(=O)c1ncn(C)c1Cl. The van der Waals surface area contributed by atoms with Gasteiger partial charge in [-0.2, -0.15) is 4.31 Å². The highest BCUT2D eigenvalue weighted by Crippen LogP contribution is 2.21. The Balaban J connectivity index is 3.22. The zero-order chi connectivity index (χ0) is 11.6. The van der Waals surface area contributed by atoms with E-state index in [1.54, 1.807) is 20.9 Å². The molecule has 0 spiro atoms. The zero-order valence-corrected chi connectivity index (χ0v) is 10.5. The van der Waals surface area contributed by atoms with Crippen LogP contribution in [0.1, 0.15) is 13.8 Å². The van der Waals surface area contributed by atoms with E-state index in [0.29, 0.717) is 13.1 Å². The third-order valence-corrected chi connectivity index (χ3v) is 4.67. The predicted octanol–water partition coefficient (Wildman–Crippen LogP) is 1.10. The van der Waals surface area contributed by atoms with Gasteiger partial charge < -0.3 is 4.57 Å². The minimum atomic E-state index is -3.54. The standard InChI is InChI=1S/C8H14ClN3O2S/c1-4-12(5-2)15(13,14)8-7(9)11(3)6-10-8/h6H,4-5H2,1-3H3. The van der Waals surface area contributed by atoms with Crippen LogP contribution in [0.4, 0.5) is 0 Å². The molecule has 0 aliphatic rings. The van der Waals surface area contributed by atoms with Crippen LogP contribution in [0.2, 0.25) is 5.15 Å². The highest BCUT2D eigenvalue weighted by molar-refractivity contribution is 7.89. The smallest absolute Gasteiger partial charge is 0.263 e. The van der Waals surface area contributed by atoms with Crippen LogP contribution in [-0.2, 0) is 17.1 Å². The molecule has 1 heterocycles. The summed E-state index contributed by atoms with van der Waals surface area (Å²) in [7, 11) is -1.89. The summed E-state index contributed by atoms with van der Waals surface area (Å²) >= 11 is 5.85. The van der Waals surface area contributed by atoms with E-state index in [1.165, 1.54) is 15.2 Å². The molecule has 86 valence electrons. The van der Waals surface area contributed by atoms with Crippen LogP contribution in [0.5, 0.6) is 0 Å². The van der Waals surface area contributed by atoms with Crippen molar-refractivity contribution in [3.63, 3.8) is 0 Å². The predicted molar refractivity (Wildman–Crippen MR) is 58.3 cm³/mol. The van der Waals surface area contributed by atoms with Crippen molar-refractivity contribution >= 4 is 21.6 Å². The lowest BCUT2D eigenvalue weighted by Crippen LogP contribution is -2.31. The molecule has 0 unspecified atom stereocenters. The molecule has 0 saturated heterocycles. The molecule has 0 atom stereocenters. The van der Waals surface area contributed by atoms with Gasteiger partial charge in [0.25, 0.3) is 10.0 Å². The first-order chi connectivity index (χ1) is 6.95. The summed E-state index contributed by atoms with van der Waals surface area (Å²) in [6.07, 6.45) is 1.39. The molecule has 0 bridgehead atoms. The fourth-order valence-electron chi connectivity index (χ4n) is 1.25. The van der Waals surface area contributed by atoms with Crippen molar-refractivity contribution in [2.75, 3.05) is 13.1 Å². The first-order valence-electron chi connectivity index (χ1n) is 4.62. The van der Waals surface area contributed by atoms with Crippen LogP contribution in [0.3, 0.4) is 0 Å². The van der Waals surface area contributed by atoms with Crippen molar-refractivity contribution in [2.45, 2.75) is 18.9 Å². The number of imidazole rings is 1. The number of hydrogen-bond donors (Lipinski definition) is 0. The van der Waals surface area contributed by atoms with E-state index in [2.05, 4.69) is 4.98 Å². The summed E-state index contributed by atoms with van der Waals surface area (Å²) in [4.78, 5) is 3.81. The van der Waals surface area contributed by atoms with Gasteiger partial charge in [0, 0.05) is 20.1 Å². The molecular formula is C8H14ClN3O2S. The molecule has 0 aromatic carbocycles. The van der Waals surface area contributed by atoms with Gasteiger partial charge >= 0.3 is 0 Å². The molecule has 1 rings (SSSR count). The first kappa shape index (κ1) is 12.5. The van der Waals surface area contributed by atoms with Gasteiger partial charge in [-0.25, -0.2) is 13.4 Å². The number of halogens is 1. The van der Waals surface area contributed by atoms with Gasteiger partial charge in [-0.15, -0.1) is 0 Å². The second kappa shape index (κ2) is 4.51. The Morgan fingerprint density at radius 2 is 2.00 bits per heavy atom. The molecule has 0 aliphatic heterocycles. The topological polar surface area (TPSA) is 55.2 Å². The van der Waals surface area contributed by atoms with Gasteiger partial charge in [-0.3, -0.25) is 0 Å². The first-order valence-corrected chi connectivity index (χ1v) is 6.43. The van der Waals surface area contributed by atoms with E-state index in [0.717, 1.165) is 0 Å². The summed E-state index contributed by atoms with van der Waals surface area (Å²) in [5.41, 5.74) is 0. The number of aromatic nitrogens is 2. The van der Waals surface area contributed by atoms with Crippen LogP contribution in [0.15, 0.2) is 11.4 Å². The molecule has 0 amide bonds. The number of aryl methyl sites for hydroxylation is 1. The number of hydrogen-bond acceptors (Lipinski definition) is 3. The van der Waals surface area contributed by atoms with Crippen molar-refractivity contribution in [1.29, 1.82) is 0 Å². The number of nitrogens with zero attached hydrogens (tertiary/aromatic N) is 3. The molecule has 15 heavy (non-hydrogen) atoms.